The van der Waals surface area contributed by atoms with Gasteiger partial charge in [-0.1, -0.05) is 6.07 Å². The van der Waals surface area contributed by atoms with Crippen LogP contribution in [0.2, 0.25) is 0 Å². The number of hydrogen-bond acceptors (Lipinski definition) is 3. The first-order valence-corrected chi connectivity index (χ1v) is 6.57. The molecule has 3 heteroatoms. The van der Waals surface area contributed by atoms with Crippen molar-refractivity contribution in [3.05, 3.63) is 53.3 Å². The molecule has 2 aromatic rings. The first-order valence-electron chi connectivity index (χ1n) is 6.57. The molecule has 0 bridgehead atoms. The Hall–Kier alpha value is -2.03. The van der Waals surface area contributed by atoms with Crippen LogP contribution in [0.15, 0.2) is 36.5 Å². The number of hydrogen-bond donors (Lipinski definition) is 1. The van der Waals surface area contributed by atoms with E-state index in [2.05, 4.69) is 37.1 Å². The van der Waals surface area contributed by atoms with Gasteiger partial charge in [-0.3, -0.25) is 4.98 Å². The molecule has 0 saturated heterocycles. The zero-order valence-electron chi connectivity index (χ0n) is 11.7. The summed E-state index contributed by atoms with van der Waals surface area (Å²) >= 11 is 0. The smallest absolute Gasteiger partial charge is 0.130 e. The average Bonchev–Trinajstić information content (AvgIpc) is 2.36. The van der Waals surface area contributed by atoms with Crippen LogP contribution in [0.25, 0.3) is 0 Å². The van der Waals surface area contributed by atoms with Crippen molar-refractivity contribution in [2.24, 2.45) is 0 Å². The first-order chi connectivity index (χ1) is 9.17. The molecule has 3 nitrogen and oxygen atoms in total. The minimum absolute atomic E-state index is 0.488. The summed E-state index contributed by atoms with van der Waals surface area (Å²) in [7, 11) is 0. The molecule has 1 heterocycles. The van der Waals surface area contributed by atoms with Crippen LogP contribution in [-0.2, 0) is 6.61 Å². The predicted octanol–water partition coefficient (Wildman–Crippen LogP) is 3.71. The summed E-state index contributed by atoms with van der Waals surface area (Å²) < 4.78 is 5.80. The fourth-order valence-electron chi connectivity index (χ4n) is 2.04. The van der Waals surface area contributed by atoms with Gasteiger partial charge in [0.1, 0.15) is 12.4 Å². The quantitative estimate of drug-likeness (QED) is 0.885. The van der Waals surface area contributed by atoms with Gasteiger partial charge in [0.25, 0.3) is 0 Å². The number of benzene rings is 1. The predicted molar refractivity (Wildman–Crippen MR) is 78.6 cm³/mol. The van der Waals surface area contributed by atoms with Crippen molar-refractivity contribution in [3.8, 4) is 5.75 Å². The summed E-state index contributed by atoms with van der Waals surface area (Å²) in [5, 5.41) is 3.27. The number of pyridine rings is 1. The van der Waals surface area contributed by atoms with Crippen LogP contribution >= 0.6 is 0 Å². The average molecular weight is 256 g/mol. The highest BCUT2D eigenvalue weighted by Gasteiger charge is 2.00. The van der Waals surface area contributed by atoms with Crippen LogP contribution in [0.3, 0.4) is 0 Å². The lowest BCUT2D eigenvalue weighted by Gasteiger charge is -2.09. The molecule has 19 heavy (non-hydrogen) atoms. The van der Waals surface area contributed by atoms with Crippen LogP contribution in [0.5, 0.6) is 5.75 Å². The Kier molecular flexibility index (Phi) is 4.39. The molecule has 0 aliphatic rings. The summed E-state index contributed by atoms with van der Waals surface area (Å²) in [6, 6.07) is 10.2. The van der Waals surface area contributed by atoms with E-state index in [0.717, 1.165) is 23.7 Å². The van der Waals surface area contributed by atoms with E-state index in [9.17, 15) is 0 Å². The van der Waals surface area contributed by atoms with E-state index in [1.165, 1.54) is 11.1 Å². The van der Waals surface area contributed by atoms with E-state index in [0.29, 0.717) is 6.61 Å². The maximum atomic E-state index is 5.80. The molecular weight excluding hydrogens is 236 g/mol. The normalized spacial score (nSPS) is 10.3. The van der Waals surface area contributed by atoms with Crippen molar-refractivity contribution >= 4 is 5.69 Å². The molecule has 1 aromatic heterocycles. The summed E-state index contributed by atoms with van der Waals surface area (Å²) in [4.78, 5) is 4.32. The molecular formula is C16H20N2O. The van der Waals surface area contributed by atoms with Gasteiger partial charge >= 0.3 is 0 Å². The maximum Gasteiger partial charge on any atom is 0.130 e. The zero-order valence-corrected chi connectivity index (χ0v) is 11.7. The van der Waals surface area contributed by atoms with Crippen LogP contribution in [0.1, 0.15) is 23.7 Å². The number of ether oxygens (including phenoxy) is 1. The lowest BCUT2D eigenvalue weighted by molar-refractivity contribution is 0.301. The van der Waals surface area contributed by atoms with Crippen LogP contribution < -0.4 is 10.1 Å². The van der Waals surface area contributed by atoms with E-state index in [4.69, 9.17) is 4.74 Å². The lowest BCUT2D eigenvalue weighted by atomic mass is 10.1. The second-order valence-electron chi connectivity index (χ2n) is 4.68. The van der Waals surface area contributed by atoms with E-state index in [1.54, 1.807) is 6.20 Å². The summed E-state index contributed by atoms with van der Waals surface area (Å²) in [5.74, 6) is 0.896. The number of nitrogens with one attached hydrogen (secondary N) is 1. The van der Waals surface area contributed by atoms with Crippen molar-refractivity contribution < 1.29 is 4.74 Å². The van der Waals surface area contributed by atoms with E-state index in [1.807, 2.05) is 24.3 Å². The van der Waals surface area contributed by atoms with Gasteiger partial charge in [-0.2, -0.15) is 0 Å². The SMILES string of the molecule is CCNc1ccnc(COc2cc(C)cc(C)c2)c1. The van der Waals surface area contributed by atoms with E-state index < -0.39 is 0 Å². The molecule has 0 atom stereocenters. The molecule has 0 aliphatic heterocycles. The van der Waals surface area contributed by atoms with Crippen LogP contribution in [0.4, 0.5) is 5.69 Å². The van der Waals surface area contributed by atoms with Crippen molar-refractivity contribution in [2.45, 2.75) is 27.4 Å². The number of aryl methyl sites for hydroxylation is 2. The Morgan fingerprint density at radius 3 is 2.53 bits per heavy atom. The molecule has 0 radical (unpaired) electrons. The molecule has 0 saturated carbocycles. The first kappa shape index (κ1) is 13.4. The van der Waals surface area contributed by atoms with Gasteiger partial charge in [0.05, 0.1) is 5.69 Å². The Morgan fingerprint density at radius 1 is 1.11 bits per heavy atom. The highest BCUT2D eigenvalue weighted by atomic mass is 16.5. The van der Waals surface area contributed by atoms with Gasteiger partial charge in [0.2, 0.25) is 0 Å². The Morgan fingerprint density at radius 2 is 1.84 bits per heavy atom. The van der Waals surface area contributed by atoms with E-state index >= 15 is 0 Å². The van der Waals surface area contributed by atoms with Crippen molar-refractivity contribution in [1.29, 1.82) is 0 Å². The minimum atomic E-state index is 0.488. The summed E-state index contributed by atoms with van der Waals surface area (Å²) in [6.45, 7) is 7.61. The van der Waals surface area contributed by atoms with Crippen molar-refractivity contribution in [2.75, 3.05) is 11.9 Å². The third-order valence-electron chi connectivity index (χ3n) is 2.78. The molecule has 2 rings (SSSR count). The maximum absolute atomic E-state index is 5.80. The van der Waals surface area contributed by atoms with E-state index in [-0.39, 0.29) is 0 Å². The van der Waals surface area contributed by atoms with Gasteiger partial charge in [0, 0.05) is 18.4 Å². The molecule has 0 amide bonds. The monoisotopic (exact) mass is 256 g/mol. The number of rotatable bonds is 5. The van der Waals surface area contributed by atoms with Gasteiger partial charge < -0.3 is 10.1 Å². The molecule has 1 N–H and O–H groups in total. The summed E-state index contributed by atoms with van der Waals surface area (Å²) in [6.07, 6.45) is 1.80. The second kappa shape index (κ2) is 6.23. The topological polar surface area (TPSA) is 34.2 Å². The molecule has 1 aromatic carbocycles. The molecule has 100 valence electrons. The number of anilines is 1. The van der Waals surface area contributed by atoms with Crippen LogP contribution in [0, 0.1) is 13.8 Å². The minimum Gasteiger partial charge on any atom is -0.487 e. The fourth-order valence-corrected chi connectivity index (χ4v) is 2.04. The molecule has 0 aliphatic carbocycles. The lowest BCUT2D eigenvalue weighted by Crippen LogP contribution is -2.01. The highest BCUT2D eigenvalue weighted by molar-refractivity contribution is 5.43. The Labute approximate surface area is 114 Å². The van der Waals surface area contributed by atoms with Gasteiger partial charge in [-0.05, 0) is 56.2 Å². The second-order valence-corrected chi connectivity index (χ2v) is 4.68. The van der Waals surface area contributed by atoms with Gasteiger partial charge in [-0.25, -0.2) is 0 Å². The highest BCUT2D eigenvalue weighted by Crippen LogP contribution is 2.18. The Bertz CT molecular complexity index is 532. The molecule has 0 spiro atoms. The van der Waals surface area contributed by atoms with Crippen molar-refractivity contribution in [1.82, 2.24) is 4.98 Å². The van der Waals surface area contributed by atoms with Gasteiger partial charge in [-0.15, -0.1) is 0 Å². The zero-order chi connectivity index (χ0) is 13.7. The third kappa shape index (κ3) is 3.98. The number of aromatic nitrogens is 1. The van der Waals surface area contributed by atoms with Gasteiger partial charge in [0.15, 0.2) is 0 Å². The standard InChI is InChI=1S/C16H20N2O/c1-4-17-14-5-6-18-15(10-14)11-19-16-8-12(2)7-13(3)9-16/h5-10H,4,11H2,1-3H3,(H,17,18). The summed E-state index contributed by atoms with van der Waals surface area (Å²) in [5.41, 5.74) is 4.43. The number of nitrogens with zero attached hydrogens (tertiary/aromatic N) is 1. The fraction of sp³-hybridized carbons (Fsp3) is 0.312. The van der Waals surface area contributed by atoms with Crippen LogP contribution in [-0.4, -0.2) is 11.5 Å². The largest absolute Gasteiger partial charge is 0.487 e. The van der Waals surface area contributed by atoms with Crippen molar-refractivity contribution in [3.63, 3.8) is 0 Å². The Balaban J connectivity index is 2.03. The molecule has 0 fully saturated rings. The molecule has 0 unspecified atom stereocenters. The third-order valence-corrected chi connectivity index (χ3v) is 2.78.